The van der Waals surface area contributed by atoms with Gasteiger partial charge >= 0.3 is 5.97 Å². The number of carbonyl (C=O) groups is 3. The maximum atomic E-state index is 12.6. The molecule has 6 nitrogen and oxygen atoms in total. The Balaban J connectivity index is 1.88. The fourth-order valence-electron chi connectivity index (χ4n) is 2.35. The van der Waals surface area contributed by atoms with Crippen molar-refractivity contribution in [3.05, 3.63) is 61.9 Å². The minimum atomic E-state index is -1.09. The second-order valence-electron chi connectivity index (χ2n) is 5.35. The van der Waals surface area contributed by atoms with Crippen LogP contribution in [0.5, 0.6) is 5.75 Å². The van der Waals surface area contributed by atoms with Gasteiger partial charge in [0.1, 0.15) is 5.75 Å². The lowest BCUT2D eigenvalue weighted by Gasteiger charge is -2.11. The van der Waals surface area contributed by atoms with Crippen LogP contribution in [0.3, 0.4) is 0 Å². The first-order valence-corrected chi connectivity index (χ1v) is 9.93. The van der Waals surface area contributed by atoms with Crippen LogP contribution in [0.2, 0.25) is 0 Å². The fourth-order valence-corrected chi connectivity index (χ4v) is 4.65. The highest BCUT2D eigenvalue weighted by molar-refractivity contribution is 9.11. The van der Waals surface area contributed by atoms with Crippen molar-refractivity contribution in [1.82, 2.24) is 0 Å². The number of imide groups is 1. The summed E-state index contributed by atoms with van der Waals surface area (Å²) in [6.07, 6.45) is 1.60. The zero-order valence-electron chi connectivity index (χ0n) is 13.5. The maximum Gasteiger partial charge on any atom is 0.341 e. The zero-order valence-corrected chi connectivity index (χ0v) is 17.5. The lowest BCUT2D eigenvalue weighted by Crippen LogP contribution is -2.27. The van der Waals surface area contributed by atoms with E-state index in [1.807, 2.05) is 0 Å². The van der Waals surface area contributed by atoms with Gasteiger partial charge in [-0.15, -0.1) is 0 Å². The van der Waals surface area contributed by atoms with Gasteiger partial charge in [0.15, 0.2) is 6.61 Å². The molecule has 0 spiro atoms. The highest BCUT2D eigenvalue weighted by atomic mass is 79.9. The van der Waals surface area contributed by atoms with Gasteiger partial charge < -0.3 is 9.84 Å². The number of carbonyl (C=O) groups excluding carboxylic acids is 2. The van der Waals surface area contributed by atoms with Gasteiger partial charge in [-0.2, -0.15) is 0 Å². The van der Waals surface area contributed by atoms with Crippen molar-refractivity contribution >= 4 is 72.5 Å². The van der Waals surface area contributed by atoms with Gasteiger partial charge in [0.25, 0.3) is 11.1 Å². The van der Waals surface area contributed by atoms with Crippen LogP contribution in [0, 0.1) is 0 Å². The van der Waals surface area contributed by atoms with Crippen molar-refractivity contribution < 1.29 is 24.2 Å². The smallest absolute Gasteiger partial charge is 0.341 e. The molecular weight excluding hydrogens is 502 g/mol. The number of aliphatic carboxylic acids is 1. The van der Waals surface area contributed by atoms with Crippen molar-refractivity contribution in [3.63, 3.8) is 0 Å². The molecule has 3 rings (SSSR count). The van der Waals surface area contributed by atoms with E-state index in [0.29, 0.717) is 30.9 Å². The van der Waals surface area contributed by atoms with E-state index >= 15 is 0 Å². The Kier molecular flexibility index (Phi) is 6.03. The molecule has 2 amide bonds. The number of hydrogen-bond acceptors (Lipinski definition) is 5. The Hall–Kier alpha value is -2.10. The Bertz CT molecular complexity index is 938. The molecule has 1 saturated heterocycles. The van der Waals surface area contributed by atoms with E-state index in [9.17, 15) is 14.4 Å². The molecule has 2 aromatic carbocycles. The number of amides is 2. The van der Waals surface area contributed by atoms with E-state index in [0.717, 1.165) is 16.7 Å². The van der Waals surface area contributed by atoms with Gasteiger partial charge in [-0.1, -0.05) is 18.2 Å². The molecule has 1 N–H and O–H groups in total. The molecule has 138 valence electrons. The van der Waals surface area contributed by atoms with E-state index in [2.05, 4.69) is 31.9 Å². The summed E-state index contributed by atoms with van der Waals surface area (Å²) in [7, 11) is 0. The molecule has 0 aliphatic carbocycles. The molecule has 2 aromatic rings. The number of benzene rings is 2. The number of carboxylic acid groups (broad SMARTS) is 1. The number of hydrogen-bond donors (Lipinski definition) is 1. The first-order valence-electron chi connectivity index (χ1n) is 7.53. The van der Waals surface area contributed by atoms with Gasteiger partial charge in [0.05, 0.1) is 19.5 Å². The number of rotatable bonds is 5. The summed E-state index contributed by atoms with van der Waals surface area (Å²) in [6.45, 7) is -0.480. The lowest BCUT2D eigenvalue weighted by atomic mass is 10.2. The third-order valence-corrected chi connectivity index (χ3v) is 5.51. The molecule has 1 aliphatic heterocycles. The average molecular weight is 513 g/mol. The van der Waals surface area contributed by atoms with E-state index in [4.69, 9.17) is 9.84 Å². The third kappa shape index (κ3) is 4.42. The number of halogens is 2. The summed E-state index contributed by atoms with van der Waals surface area (Å²) in [5.74, 6) is -1.14. The number of anilines is 1. The standard InChI is InChI=1S/C18H11Br2NO5S/c19-12-6-10(7-13(20)16(12)26-9-15(22)23)8-14-17(24)21(18(25)27-14)11-4-2-1-3-5-11/h1-8H,9H2,(H,22,23)/b14-8-. The van der Waals surface area contributed by atoms with Crippen molar-refractivity contribution in [1.29, 1.82) is 0 Å². The first-order chi connectivity index (χ1) is 12.9. The van der Waals surface area contributed by atoms with Gasteiger partial charge in [-0.3, -0.25) is 9.59 Å². The number of para-hydroxylation sites is 1. The molecule has 0 aromatic heterocycles. The van der Waals surface area contributed by atoms with Gasteiger partial charge in [0, 0.05) is 0 Å². The quantitative estimate of drug-likeness (QED) is 0.572. The highest BCUT2D eigenvalue weighted by Crippen LogP contribution is 2.38. The van der Waals surface area contributed by atoms with Gasteiger partial charge in [-0.05, 0) is 79.5 Å². The van der Waals surface area contributed by atoms with Crippen LogP contribution in [0.1, 0.15) is 5.56 Å². The van der Waals surface area contributed by atoms with Crippen LogP contribution in [0.25, 0.3) is 6.08 Å². The Morgan fingerprint density at radius 2 is 1.78 bits per heavy atom. The molecule has 1 heterocycles. The monoisotopic (exact) mass is 511 g/mol. The van der Waals surface area contributed by atoms with E-state index in [-0.39, 0.29) is 5.24 Å². The Labute approximate surface area is 175 Å². The predicted molar refractivity (Wildman–Crippen MR) is 110 cm³/mol. The van der Waals surface area contributed by atoms with Crippen LogP contribution in [-0.2, 0) is 9.59 Å². The number of carboxylic acids is 1. The van der Waals surface area contributed by atoms with Crippen LogP contribution >= 0.6 is 43.6 Å². The maximum absolute atomic E-state index is 12.6. The van der Waals surface area contributed by atoms with Gasteiger partial charge in [-0.25, -0.2) is 9.69 Å². The molecule has 1 fully saturated rings. The second-order valence-corrected chi connectivity index (χ2v) is 8.05. The molecule has 0 bridgehead atoms. The summed E-state index contributed by atoms with van der Waals surface area (Å²) in [5.41, 5.74) is 1.16. The van der Waals surface area contributed by atoms with Crippen molar-refractivity contribution in [2.24, 2.45) is 0 Å². The molecule has 27 heavy (non-hydrogen) atoms. The molecule has 0 radical (unpaired) electrons. The molecule has 0 saturated carbocycles. The third-order valence-electron chi connectivity index (χ3n) is 3.47. The second kappa shape index (κ2) is 8.28. The SMILES string of the molecule is O=C(O)COc1c(Br)cc(/C=C2\SC(=O)N(c3ccccc3)C2=O)cc1Br. The molecular formula is C18H11Br2NO5S. The van der Waals surface area contributed by atoms with Crippen molar-refractivity contribution in [3.8, 4) is 5.75 Å². The summed E-state index contributed by atoms with van der Waals surface area (Å²) in [4.78, 5) is 37.0. The highest BCUT2D eigenvalue weighted by Gasteiger charge is 2.36. The Morgan fingerprint density at radius 1 is 1.15 bits per heavy atom. The fraction of sp³-hybridized carbons (Fsp3) is 0.0556. The minimum absolute atomic E-state index is 0.293. The Morgan fingerprint density at radius 3 is 2.37 bits per heavy atom. The predicted octanol–water partition coefficient (Wildman–Crippen LogP) is 4.92. The first kappa shape index (κ1) is 19.7. The minimum Gasteiger partial charge on any atom is -0.480 e. The average Bonchev–Trinajstić information content (AvgIpc) is 2.88. The topological polar surface area (TPSA) is 83.9 Å². The van der Waals surface area contributed by atoms with Crippen LogP contribution in [0.4, 0.5) is 10.5 Å². The van der Waals surface area contributed by atoms with Crippen molar-refractivity contribution in [2.75, 3.05) is 11.5 Å². The summed E-state index contributed by atoms with van der Waals surface area (Å²) < 4.78 is 6.26. The molecule has 9 heteroatoms. The zero-order chi connectivity index (χ0) is 19.6. The molecule has 1 aliphatic rings. The number of thioether (sulfide) groups is 1. The van der Waals surface area contributed by atoms with Crippen LogP contribution in [-0.4, -0.2) is 28.8 Å². The summed E-state index contributed by atoms with van der Waals surface area (Å²) in [6, 6.07) is 12.1. The lowest BCUT2D eigenvalue weighted by molar-refractivity contribution is -0.139. The van der Waals surface area contributed by atoms with Crippen molar-refractivity contribution in [2.45, 2.75) is 0 Å². The van der Waals surface area contributed by atoms with E-state index in [1.54, 1.807) is 48.5 Å². The van der Waals surface area contributed by atoms with E-state index in [1.165, 1.54) is 0 Å². The van der Waals surface area contributed by atoms with E-state index < -0.39 is 18.5 Å². The number of ether oxygens (including phenoxy) is 1. The normalized spacial score (nSPS) is 15.5. The molecule has 0 unspecified atom stereocenters. The summed E-state index contributed by atoms with van der Waals surface area (Å²) >= 11 is 7.51. The van der Waals surface area contributed by atoms with Crippen LogP contribution < -0.4 is 9.64 Å². The number of nitrogens with zero attached hydrogens (tertiary/aromatic N) is 1. The van der Waals surface area contributed by atoms with Gasteiger partial charge in [0.2, 0.25) is 0 Å². The molecule has 0 atom stereocenters. The van der Waals surface area contributed by atoms with Crippen LogP contribution in [0.15, 0.2) is 56.3 Å². The largest absolute Gasteiger partial charge is 0.480 e. The summed E-state index contributed by atoms with van der Waals surface area (Å²) in [5, 5.41) is 8.37.